The highest BCUT2D eigenvalue weighted by Gasteiger charge is 2.40. The Morgan fingerprint density at radius 1 is 1.26 bits per heavy atom. The molecule has 1 aromatic rings. The molecule has 0 bridgehead atoms. The predicted octanol–water partition coefficient (Wildman–Crippen LogP) is 3.31. The van der Waals surface area contributed by atoms with Crippen molar-refractivity contribution in [2.24, 2.45) is 5.92 Å². The number of hydrogen-bond donors (Lipinski definition) is 2. The molecule has 2 amide bonds. The third-order valence-electron chi connectivity index (χ3n) is 4.35. The molecule has 3 rings (SSSR count). The van der Waals surface area contributed by atoms with Crippen LogP contribution >= 0.6 is 11.6 Å². The van der Waals surface area contributed by atoms with Gasteiger partial charge in [-0.05, 0) is 37.3 Å². The molecular formula is C17H19ClN2O3. The van der Waals surface area contributed by atoms with Crippen LogP contribution in [-0.4, -0.2) is 18.1 Å². The second kappa shape index (κ2) is 6.62. The van der Waals surface area contributed by atoms with Gasteiger partial charge in [0.05, 0.1) is 6.04 Å². The zero-order valence-electron chi connectivity index (χ0n) is 12.7. The number of esters is 1. The summed E-state index contributed by atoms with van der Waals surface area (Å²) in [5, 5.41) is 5.82. The highest BCUT2D eigenvalue weighted by molar-refractivity contribution is 6.31. The van der Waals surface area contributed by atoms with E-state index in [0.717, 1.165) is 25.7 Å². The summed E-state index contributed by atoms with van der Waals surface area (Å²) < 4.78 is 5.61. The van der Waals surface area contributed by atoms with Gasteiger partial charge in [-0.3, -0.25) is 4.79 Å². The van der Waals surface area contributed by atoms with Gasteiger partial charge in [0, 0.05) is 10.7 Å². The molecule has 0 radical (unpaired) electrons. The van der Waals surface area contributed by atoms with Gasteiger partial charge in [-0.1, -0.05) is 36.4 Å². The van der Waals surface area contributed by atoms with Gasteiger partial charge in [0.1, 0.15) is 12.0 Å². The first kappa shape index (κ1) is 15.9. The van der Waals surface area contributed by atoms with Crippen LogP contribution in [0.1, 0.15) is 37.3 Å². The molecule has 6 heteroatoms. The summed E-state index contributed by atoms with van der Waals surface area (Å²) in [4.78, 5) is 24.5. The van der Waals surface area contributed by atoms with Crippen LogP contribution in [0.4, 0.5) is 4.79 Å². The fourth-order valence-electron chi connectivity index (χ4n) is 3.19. The molecule has 2 unspecified atom stereocenters. The van der Waals surface area contributed by atoms with E-state index in [9.17, 15) is 9.59 Å². The molecule has 0 aromatic heterocycles. The molecular weight excluding hydrogens is 316 g/mol. The Morgan fingerprint density at radius 2 is 1.96 bits per heavy atom. The third-order valence-corrected chi connectivity index (χ3v) is 4.69. The number of benzene rings is 1. The Morgan fingerprint density at radius 3 is 2.65 bits per heavy atom. The standard InChI is InChI=1S/C17H19ClN2O3/c1-10-14(16(21)23-11-6-2-3-7-11)15(20-17(22)19-10)12-8-4-5-9-13(12)18/h4-5,8-9,11,14-15H,1-3,6-7H2,(H2,19,20,22). The molecule has 1 aliphatic heterocycles. The maximum atomic E-state index is 12.6. The van der Waals surface area contributed by atoms with Crippen LogP contribution in [0.25, 0.3) is 0 Å². The SMILES string of the molecule is C=C1NC(=O)NC(c2ccccc2Cl)C1C(=O)OC1CCCC1. The van der Waals surface area contributed by atoms with Crippen molar-refractivity contribution < 1.29 is 14.3 Å². The van der Waals surface area contributed by atoms with E-state index in [-0.39, 0.29) is 12.1 Å². The van der Waals surface area contributed by atoms with Crippen LogP contribution in [0, 0.1) is 5.92 Å². The van der Waals surface area contributed by atoms with Gasteiger partial charge in [0.2, 0.25) is 0 Å². The topological polar surface area (TPSA) is 67.4 Å². The molecule has 1 saturated heterocycles. The number of urea groups is 1. The molecule has 1 aliphatic carbocycles. The summed E-state index contributed by atoms with van der Waals surface area (Å²) in [6.07, 6.45) is 3.89. The molecule has 5 nitrogen and oxygen atoms in total. The van der Waals surface area contributed by atoms with E-state index in [4.69, 9.17) is 16.3 Å². The first-order valence-electron chi connectivity index (χ1n) is 7.77. The van der Waals surface area contributed by atoms with E-state index in [1.807, 2.05) is 6.07 Å². The lowest BCUT2D eigenvalue weighted by Crippen LogP contribution is -2.51. The molecule has 2 fully saturated rings. The predicted molar refractivity (Wildman–Crippen MR) is 86.8 cm³/mol. The van der Waals surface area contributed by atoms with Gasteiger partial charge in [-0.25, -0.2) is 4.79 Å². The maximum absolute atomic E-state index is 12.6. The van der Waals surface area contributed by atoms with Gasteiger partial charge in [-0.2, -0.15) is 0 Å². The van der Waals surface area contributed by atoms with Crippen molar-refractivity contribution in [2.45, 2.75) is 37.8 Å². The molecule has 122 valence electrons. The minimum atomic E-state index is -0.701. The van der Waals surface area contributed by atoms with Crippen molar-refractivity contribution in [1.29, 1.82) is 0 Å². The average molecular weight is 335 g/mol. The van der Waals surface area contributed by atoms with Crippen LogP contribution in [0.3, 0.4) is 0 Å². The number of carbonyl (C=O) groups is 2. The number of carbonyl (C=O) groups excluding carboxylic acids is 2. The summed E-state index contributed by atoms with van der Waals surface area (Å²) in [6, 6.07) is 6.16. The lowest BCUT2D eigenvalue weighted by Gasteiger charge is -2.34. The summed E-state index contributed by atoms with van der Waals surface area (Å²) >= 11 is 6.24. The lowest BCUT2D eigenvalue weighted by atomic mass is 9.89. The highest BCUT2D eigenvalue weighted by atomic mass is 35.5. The molecule has 2 aliphatic rings. The largest absolute Gasteiger partial charge is 0.462 e. The zero-order valence-corrected chi connectivity index (χ0v) is 13.4. The summed E-state index contributed by atoms with van der Waals surface area (Å²) in [5.74, 6) is -1.08. The van der Waals surface area contributed by atoms with Crippen LogP contribution in [0.15, 0.2) is 36.5 Å². The van der Waals surface area contributed by atoms with Gasteiger partial charge in [0.25, 0.3) is 0 Å². The van der Waals surface area contributed by atoms with E-state index in [2.05, 4.69) is 17.2 Å². The van der Waals surface area contributed by atoms with E-state index < -0.39 is 18.0 Å². The lowest BCUT2D eigenvalue weighted by molar-refractivity contribution is -0.153. The minimum Gasteiger partial charge on any atom is -0.462 e. The molecule has 2 N–H and O–H groups in total. The quantitative estimate of drug-likeness (QED) is 0.833. The van der Waals surface area contributed by atoms with Crippen LogP contribution in [0.2, 0.25) is 5.02 Å². The Labute approximate surface area is 140 Å². The smallest absolute Gasteiger partial charge is 0.319 e. The molecule has 1 heterocycles. The zero-order chi connectivity index (χ0) is 16.4. The fraction of sp³-hybridized carbons (Fsp3) is 0.412. The second-order valence-corrected chi connectivity index (χ2v) is 6.35. The van der Waals surface area contributed by atoms with Crippen LogP contribution in [-0.2, 0) is 9.53 Å². The summed E-state index contributed by atoms with van der Waals surface area (Å²) in [7, 11) is 0. The van der Waals surface area contributed by atoms with Crippen LogP contribution in [0.5, 0.6) is 0 Å². The summed E-state index contributed by atoms with van der Waals surface area (Å²) in [6.45, 7) is 3.83. The summed E-state index contributed by atoms with van der Waals surface area (Å²) in [5.41, 5.74) is 1.01. The first-order valence-corrected chi connectivity index (χ1v) is 8.15. The van der Waals surface area contributed by atoms with Crippen molar-refractivity contribution >= 4 is 23.6 Å². The van der Waals surface area contributed by atoms with E-state index >= 15 is 0 Å². The fourth-order valence-corrected chi connectivity index (χ4v) is 3.45. The third kappa shape index (κ3) is 3.34. The molecule has 2 atom stereocenters. The van der Waals surface area contributed by atoms with Gasteiger partial charge < -0.3 is 15.4 Å². The Bertz CT molecular complexity index is 640. The highest BCUT2D eigenvalue weighted by Crippen LogP contribution is 2.35. The van der Waals surface area contributed by atoms with Crippen molar-refractivity contribution in [3.05, 3.63) is 47.1 Å². The van der Waals surface area contributed by atoms with Crippen molar-refractivity contribution in [3.8, 4) is 0 Å². The number of ether oxygens (including phenoxy) is 1. The Balaban J connectivity index is 1.87. The molecule has 1 aromatic carbocycles. The maximum Gasteiger partial charge on any atom is 0.319 e. The molecule has 1 saturated carbocycles. The number of hydrogen-bond acceptors (Lipinski definition) is 3. The second-order valence-electron chi connectivity index (χ2n) is 5.94. The van der Waals surface area contributed by atoms with Gasteiger partial charge in [-0.15, -0.1) is 0 Å². The number of halogens is 1. The van der Waals surface area contributed by atoms with E-state index in [1.54, 1.807) is 18.2 Å². The molecule has 0 spiro atoms. The van der Waals surface area contributed by atoms with Crippen molar-refractivity contribution in [2.75, 3.05) is 0 Å². The van der Waals surface area contributed by atoms with Crippen molar-refractivity contribution in [3.63, 3.8) is 0 Å². The number of rotatable bonds is 3. The Hall–Kier alpha value is -2.01. The van der Waals surface area contributed by atoms with Crippen LogP contribution < -0.4 is 10.6 Å². The monoisotopic (exact) mass is 334 g/mol. The normalized spacial score (nSPS) is 24.9. The van der Waals surface area contributed by atoms with Gasteiger partial charge >= 0.3 is 12.0 Å². The average Bonchev–Trinajstić information content (AvgIpc) is 2.99. The van der Waals surface area contributed by atoms with Crippen molar-refractivity contribution in [1.82, 2.24) is 10.6 Å². The number of nitrogens with one attached hydrogen (secondary N) is 2. The first-order chi connectivity index (χ1) is 11.1. The van der Waals surface area contributed by atoms with Gasteiger partial charge in [0.15, 0.2) is 0 Å². The Kier molecular flexibility index (Phi) is 4.57. The molecule has 23 heavy (non-hydrogen) atoms. The van der Waals surface area contributed by atoms with E-state index in [0.29, 0.717) is 16.3 Å². The minimum absolute atomic E-state index is 0.0418. The number of amides is 2. The van der Waals surface area contributed by atoms with E-state index in [1.165, 1.54) is 0 Å².